The highest BCUT2D eigenvalue weighted by molar-refractivity contribution is 4.98. The van der Waals surface area contributed by atoms with Gasteiger partial charge in [0.1, 0.15) is 0 Å². The third-order valence-electron chi connectivity index (χ3n) is 3.52. The van der Waals surface area contributed by atoms with E-state index in [-0.39, 0.29) is 0 Å². The summed E-state index contributed by atoms with van der Waals surface area (Å²) >= 11 is 0. The first-order valence-electron chi connectivity index (χ1n) is 5.32. The van der Waals surface area contributed by atoms with E-state index >= 15 is 0 Å². The van der Waals surface area contributed by atoms with Crippen molar-refractivity contribution < 1.29 is 4.74 Å². The zero-order valence-electron chi connectivity index (χ0n) is 8.31. The standard InChI is InChI=1S/C11H20O/c1-9(2)12-8-10-6-11(7-10)4-3-5-11/h9-10H,3-8H2,1-2H3. The van der Waals surface area contributed by atoms with Crippen LogP contribution in [0, 0.1) is 11.3 Å². The molecule has 0 radical (unpaired) electrons. The van der Waals surface area contributed by atoms with E-state index < -0.39 is 0 Å². The number of rotatable bonds is 3. The molecule has 0 saturated heterocycles. The molecular weight excluding hydrogens is 148 g/mol. The van der Waals surface area contributed by atoms with E-state index in [0.717, 1.165) is 17.9 Å². The first kappa shape index (κ1) is 8.55. The Kier molecular flexibility index (Phi) is 2.16. The van der Waals surface area contributed by atoms with E-state index in [0.29, 0.717) is 6.10 Å². The molecule has 12 heavy (non-hydrogen) atoms. The SMILES string of the molecule is CC(C)OCC1CC2(CCC2)C1. The van der Waals surface area contributed by atoms with Gasteiger partial charge in [0.25, 0.3) is 0 Å². The molecule has 2 aliphatic carbocycles. The van der Waals surface area contributed by atoms with Gasteiger partial charge in [-0.25, -0.2) is 0 Å². The predicted octanol–water partition coefficient (Wildman–Crippen LogP) is 2.99. The fourth-order valence-corrected chi connectivity index (χ4v) is 2.70. The molecule has 1 spiro atoms. The summed E-state index contributed by atoms with van der Waals surface area (Å²) in [5.41, 5.74) is 0.824. The molecule has 0 N–H and O–H groups in total. The van der Waals surface area contributed by atoms with Gasteiger partial charge >= 0.3 is 0 Å². The fraction of sp³-hybridized carbons (Fsp3) is 1.00. The Hall–Kier alpha value is -0.0400. The molecule has 0 aliphatic heterocycles. The smallest absolute Gasteiger partial charge is 0.0519 e. The second kappa shape index (κ2) is 3.02. The highest BCUT2D eigenvalue weighted by atomic mass is 16.5. The molecule has 0 amide bonds. The number of hydrogen-bond donors (Lipinski definition) is 0. The summed E-state index contributed by atoms with van der Waals surface area (Å²) in [5.74, 6) is 0.896. The van der Waals surface area contributed by atoms with E-state index in [4.69, 9.17) is 4.74 Å². The van der Waals surface area contributed by atoms with E-state index in [1.54, 1.807) is 0 Å². The normalized spacial score (nSPS) is 27.2. The van der Waals surface area contributed by atoms with Crippen molar-refractivity contribution in [2.75, 3.05) is 6.61 Å². The quantitative estimate of drug-likeness (QED) is 0.629. The zero-order chi connectivity index (χ0) is 8.60. The molecule has 2 fully saturated rings. The lowest BCUT2D eigenvalue weighted by Crippen LogP contribution is -2.44. The van der Waals surface area contributed by atoms with Crippen LogP contribution in [-0.2, 0) is 4.74 Å². The van der Waals surface area contributed by atoms with Crippen molar-refractivity contribution in [2.45, 2.75) is 52.1 Å². The first-order chi connectivity index (χ1) is 5.70. The average molecular weight is 168 g/mol. The fourth-order valence-electron chi connectivity index (χ4n) is 2.70. The van der Waals surface area contributed by atoms with Crippen molar-refractivity contribution in [1.29, 1.82) is 0 Å². The Morgan fingerprint density at radius 1 is 1.33 bits per heavy atom. The van der Waals surface area contributed by atoms with Crippen LogP contribution in [0.1, 0.15) is 46.0 Å². The van der Waals surface area contributed by atoms with Crippen LogP contribution in [0.5, 0.6) is 0 Å². The zero-order valence-corrected chi connectivity index (χ0v) is 8.31. The minimum absolute atomic E-state index is 0.419. The molecule has 0 aromatic carbocycles. The van der Waals surface area contributed by atoms with Gasteiger partial charge in [-0.15, -0.1) is 0 Å². The Balaban J connectivity index is 1.62. The van der Waals surface area contributed by atoms with Crippen molar-refractivity contribution >= 4 is 0 Å². The molecule has 1 nitrogen and oxygen atoms in total. The summed E-state index contributed by atoms with van der Waals surface area (Å²) in [6.45, 7) is 5.26. The van der Waals surface area contributed by atoms with Crippen LogP contribution < -0.4 is 0 Å². The van der Waals surface area contributed by atoms with Crippen LogP contribution in [0.3, 0.4) is 0 Å². The topological polar surface area (TPSA) is 9.23 Å². The Morgan fingerprint density at radius 2 is 2.00 bits per heavy atom. The van der Waals surface area contributed by atoms with E-state index in [1.807, 2.05) is 0 Å². The molecule has 0 bridgehead atoms. The number of ether oxygens (including phenoxy) is 1. The lowest BCUT2D eigenvalue weighted by atomic mass is 9.52. The maximum atomic E-state index is 5.61. The molecule has 0 unspecified atom stereocenters. The molecule has 2 rings (SSSR count). The molecule has 0 atom stereocenters. The second-order valence-electron chi connectivity index (χ2n) is 5.01. The van der Waals surface area contributed by atoms with Crippen molar-refractivity contribution in [1.82, 2.24) is 0 Å². The van der Waals surface area contributed by atoms with Crippen LogP contribution in [0.25, 0.3) is 0 Å². The summed E-state index contributed by atoms with van der Waals surface area (Å²) in [5, 5.41) is 0. The molecular formula is C11H20O. The predicted molar refractivity (Wildman–Crippen MR) is 50.1 cm³/mol. The van der Waals surface area contributed by atoms with E-state index in [2.05, 4.69) is 13.8 Å². The third kappa shape index (κ3) is 1.52. The Labute approximate surface area is 75.5 Å². The van der Waals surface area contributed by atoms with Gasteiger partial charge in [-0.05, 0) is 50.9 Å². The molecule has 2 aliphatic rings. The average Bonchev–Trinajstić information content (AvgIpc) is 1.79. The minimum atomic E-state index is 0.419. The van der Waals surface area contributed by atoms with Crippen molar-refractivity contribution in [3.8, 4) is 0 Å². The third-order valence-corrected chi connectivity index (χ3v) is 3.52. The molecule has 0 heterocycles. The van der Waals surface area contributed by atoms with Crippen molar-refractivity contribution in [3.05, 3.63) is 0 Å². The Bertz CT molecular complexity index is 150. The molecule has 2 saturated carbocycles. The minimum Gasteiger partial charge on any atom is -0.379 e. The maximum Gasteiger partial charge on any atom is 0.0519 e. The van der Waals surface area contributed by atoms with Crippen LogP contribution in [0.2, 0.25) is 0 Å². The molecule has 70 valence electrons. The largest absolute Gasteiger partial charge is 0.379 e. The van der Waals surface area contributed by atoms with Gasteiger partial charge in [0.2, 0.25) is 0 Å². The van der Waals surface area contributed by atoms with Crippen LogP contribution in [0.15, 0.2) is 0 Å². The van der Waals surface area contributed by atoms with Crippen molar-refractivity contribution in [2.24, 2.45) is 11.3 Å². The number of hydrogen-bond acceptors (Lipinski definition) is 1. The highest BCUT2D eigenvalue weighted by Gasteiger charge is 2.47. The van der Waals surface area contributed by atoms with Gasteiger partial charge in [0, 0.05) is 6.61 Å². The molecule has 1 heteroatoms. The van der Waals surface area contributed by atoms with E-state index in [9.17, 15) is 0 Å². The summed E-state index contributed by atoms with van der Waals surface area (Å²) in [6, 6.07) is 0. The summed E-state index contributed by atoms with van der Waals surface area (Å²) < 4.78 is 5.61. The Morgan fingerprint density at radius 3 is 2.42 bits per heavy atom. The lowest BCUT2D eigenvalue weighted by molar-refractivity contribution is -0.0719. The van der Waals surface area contributed by atoms with Crippen LogP contribution in [-0.4, -0.2) is 12.7 Å². The molecule has 0 aromatic rings. The van der Waals surface area contributed by atoms with Crippen LogP contribution in [0.4, 0.5) is 0 Å². The van der Waals surface area contributed by atoms with E-state index in [1.165, 1.54) is 32.1 Å². The van der Waals surface area contributed by atoms with Gasteiger partial charge in [-0.1, -0.05) is 6.42 Å². The van der Waals surface area contributed by atoms with Gasteiger partial charge in [0.05, 0.1) is 6.10 Å². The van der Waals surface area contributed by atoms with Gasteiger partial charge in [0.15, 0.2) is 0 Å². The van der Waals surface area contributed by atoms with Gasteiger partial charge in [-0.3, -0.25) is 0 Å². The molecule has 0 aromatic heterocycles. The van der Waals surface area contributed by atoms with Gasteiger partial charge in [-0.2, -0.15) is 0 Å². The summed E-state index contributed by atoms with van der Waals surface area (Å²) in [4.78, 5) is 0. The lowest BCUT2D eigenvalue weighted by Gasteiger charge is -2.54. The van der Waals surface area contributed by atoms with Crippen molar-refractivity contribution in [3.63, 3.8) is 0 Å². The summed E-state index contributed by atoms with van der Waals surface area (Å²) in [7, 11) is 0. The second-order valence-corrected chi connectivity index (χ2v) is 5.01. The monoisotopic (exact) mass is 168 g/mol. The maximum absolute atomic E-state index is 5.61. The van der Waals surface area contributed by atoms with Crippen LogP contribution >= 0.6 is 0 Å². The van der Waals surface area contributed by atoms with Gasteiger partial charge < -0.3 is 4.74 Å². The summed E-state index contributed by atoms with van der Waals surface area (Å²) in [6.07, 6.45) is 7.83. The first-order valence-corrected chi connectivity index (χ1v) is 5.32. The highest BCUT2D eigenvalue weighted by Crippen LogP contribution is 2.58.